The van der Waals surface area contributed by atoms with Crippen molar-refractivity contribution in [1.82, 2.24) is 14.9 Å². The van der Waals surface area contributed by atoms with E-state index in [0.717, 1.165) is 19.6 Å². The van der Waals surface area contributed by atoms with Gasteiger partial charge < -0.3 is 14.6 Å². The molecule has 114 valence electrons. The van der Waals surface area contributed by atoms with Crippen LogP contribution in [0.4, 0.5) is 0 Å². The number of imidazole rings is 1. The summed E-state index contributed by atoms with van der Waals surface area (Å²) in [6.45, 7) is 9.78. The van der Waals surface area contributed by atoms with Gasteiger partial charge in [-0.3, -0.25) is 0 Å². The van der Waals surface area contributed by atoms with Gasteiger partial charge in [-0.25, -0.2) is 4.98 Å². The Hall–Kier alpha value is -1.81. The van der Waals surface area contributed by atoms with Crippen LogP contribution in [0, 0.1) is 5.41 Å². The van der Waals surface area contributed by atoms with Gasteiger partial charge in [-0.1, -0.05) is 44.2 Å². The van der Waals surface area contributed by atoms with Crippen molar-refractivity contribution in [3.63, 3.8) is 0 Å². The van der Waals surface area contributed by atoms with Gasteiger partial charge in [0.25, 0.3) is 6.01 Å². The van der Waals surface area contributed by atoms with Gasteiger partial charge >= 0.3 is 0 Å². The molecule has 1 N–H and O–H groups in total. The van der Waals surface area contributed by atoms with E-state index in [0.29, 0.717) is 12.6 Å². The molecule has 2 aromatic rings. The maximum Gasteiger partial charge on any atom is 0.296 e. The van der Waals surface area contributed by atoms with Crippen LogP contribution in [0.5, 0.6) is 6.01 Å². The van der Waals surface area contributed by atoms with Gasteiger partial charge in [-0.15, -0.1) is 0 Å². The molecule has 1 aromatic carbocycles. The summed E-state index contributed by atoms with van der Waals surface area (Å²) in [7, 11) is 0. The van der Waals surface area contributed by atoms with Crippen molar-refractivity contribution in [2.24, 2.45) is 5.41 Å². The van der Waals surface area contributed by atoms with E-state index in [1.807, 2.05) is 16.8 Å². The highest BCUT2D eigenvalue weighted by atomic mass is 16.5. The molecule has 0 atom stereocenters. The molecule has 0 amide bonds. The molecule has 2 rings (SSSR count). The van der Waals surface area contributed by atoms with Crippen LogP contribution in [0.3, 0.4) is 0 Å². The lowest BCUT2D eigenvalue weighted by atomic mass is 9.95. The second kappa shape index (κ2) is 7.27. The maximum atomic E-state index is 5.85. The van der Waals surface area contributed by atoms with E-state index in [1.54, 1.807) is 6.20 Å². The lowest BCUT2D eigenvalue weighted by molar-refractivity contribution is 0.159. The Labute approximate surface area is 127 Å². The number of aromatic nitrogens is 2. The smallest absolute Gasteiger partial charge is 0.296 e. The summed E-state index contributed by atoms with van der Waals surface area (Å²) in [6.07, 6.45) is 3.72. The molecule has 21 heavy (non-hydrogen) atoms. The van der Waals surface area contributed by atoms with Crippen LogP contribution in [0.15, 0.2) is 42.7 Å². The van der Waals surface area contributed by atoms with Gasteiger partial charge in [0.05, 0.1) is 6.61 Å². The van der Waals surface area contributed by atoms with E-state index in [4.69, 9.17) is 4.74 Å². The predicted octanol–water partition coefficient (Wildman–Crippen LogP) is 3.10. The van der Waals surface area contributed by atoms with E-state index in [9.17, 15) is 0 Å². The number of nitrogens with one attached hydrogen (secondary N) is 1. The van der Waals surface area contributed by atoms with Crippen LogP contribution in [-0.4, -0.2) is 22.7 Å². The number of hydrogen-bond donors (Lipinski definition) is 1. The lowest BCUT2D eigenvalue weighted by Crippen LogP contribution is -2.34. The molecule has 0 radical (unpaired) electrons. The van der Waals surface area contributed by atoms with Gasteiger partial charge in [0.15, 0.2) is 0 Å². The summed E-state index contributed by atoms with van der Waals surface area (Å²) in [5.41, 5.74) is 1.36. The highest BCUT2D eigenvalue weighted by Gasteiger charge is 2.19. The molecule has 0 unspecified atom stereocenters. The minimum Gasteiger partial charge on any atom is -0.464 e. The van der Waals surface area contributed by atoms with E-state index in [2.05, 4.69) is 55.3 Å². The molecule has 1 heterocycles. The lowest BCUT2D eigenvalue weighted by Gasteiger charge is -2.25. The monoisotopic (exact) mass is 287 g/mol. The molecular weight excluding hydrogens is 262 g/mol. The first kappa shape index (κ1) is 15.6. The van der Waals surface area contributed by atoms with Gasteiger partial charge in [-0.05, 0) is 12.5 Å². The summed E-state index contributed by atoms with van der Waals surface area (Å²) in [6, 6.07) is 11.1. The number of nitrogens with zero attached hydrogens (tertiary/aromatic N) is 2. The molecule has 0 saturated heterocycles. The number of benzene rings is 1. The minimum absolute atomic E-state index is 0.0549. The Bertz CT molecular complexity index is 534. The summed E-state index contributed by atoms with van der Waals surface area (Å²) in [5, 5.41) is 3.49. The third kappa shape index (κ3) is 4.90. The Morgan fingerprint density at radius 3 is 2.71 bits per heavy atom. The van der Waals surface area contributed by atoms with Crippen molar-refractivity contribution in [3.8, 4) is 6.01 Å². The molecule has 0 fully saturated rings. The Morgan fingerprint density at radius 1 is 1.24 bits per heavy atom. The first-order valence-electron chi connectivity index (χ1n) is 7.49. The second-order valence-electron chi connectivity index (χ2n) is 6.04. The number of rotatable bonds is 8. The van der Waals surface area contributed by atoms with Crippen LogP contribution >= 0.6 is 0 Å². The van der Waals surface area contributed by atoms with E-state index in [-0.39, 0.29) is 5.41 Å². The Balaban J connectivity index is 1.76. The zero-order valence-electron chi connectivity index (χ0n) is 13.2. The van der Waals surface area contributed by atoms with Gasteiger partial charge in [-0.2, -0.15) is 0 Å². The molecule has 1 aromatic heterocycles. The molecule has 0 bridgehead atoms. The largest absolute Gasteiger partial charge is 0.464 e. The fraction of sp³-hybridized carbons (Fsp3) is 0.471. The quantitative estimate of drug-likeness (QED) is 0.811. The average molecular weight is 287 g/mol. The van der Waals surface area contributed by atoms with E-state index >= 15 is 0 Å². The minimum atomic E-state index is 0.0549. The summed E-state index contributed by atoms with van der Waals surface area (Å²) >= 11 is 0. The number of hydrogen-bond acceptors (Lipinski definition) is 3. The number of ether oxygens (including phenoxy) is 1. The third-order valence-corrected chi connectivity index (χ3v) is 3.39. The predicted molar refractivity (Wildman–Crippen MR) is 85.3 cm³/mol. The van der Waals surface area contributed by atoms with Crippen LogP contribution in [0.1, 0.15) is 26.3 Å². The molecule has 0 spiro atoms. The highest BCUT2D eigenvalue weighted by Crippen LogP contribution is 2.17. The zero-order valence-corrected chi connectivity index (χ0v) is 13.2. The number of aryl methyl sites for hydroxylation is 1. The van der Waals surface area contributed by atoms with Gasteiger partial charge in [0, 0.05) is 37.4 Å². The molecule has 0 saturated carbocycles. The molecule has 0 aliphatic heterocycles. The van der Waals surface area contributed by atoms with Crippen LogP contribution in [0.2, 0.25) is 0 Å². The summed E-state index contributed by atoms with van der Waals surface area (Å²) in [5.74, 6) is 0. The molecular formula is C17H25N3O. The summed E-state index contributed by atoms with van der Waals surface area (Å²) in [4.78, 5) is 4.24. The van der Waals surface area contributed by atoms with Crippen molar-refractivity contribution in [2.75, 3.05) is 13.2 Å². The van der Waals surface area contributed by atoms with Gasteiger partial charge in [0.2, 0.25) is 0 Å². The highest BCUT2D eigenvalue weighted by molar-refractivity contribution is 5.14. The van der Waals surface area contributed by atoms with Crippen LogP contribution < -0.4 is 10.1 Å². The first-order valence-corrected chi connectivity index (χ1v) is 7.49. The molecule has 4 nitrogen and oxygen atoms in total. The fourth-order valence-electron chi connectivity index (χ4n) is 2.13. The van der Waals surface area contributed by atoms with Crippen molar-refractivity contribution >= 4 is 0 Å². The van der Waals surface area contributed by atoms with E-state index < -0.39 is 0 Å². The first-order chi connectivity index (χ1) is 10.1. The second-order valence-corrected chi connectivity index (χ2v) is 6.04. The maximum absolute atomic E-state index is 5.85. The van der Waals surface area contributed by atoms with Crippen molar-refractivity contribution in [3.05, 3.63) is 48.3 Å². The third-order valence-electron chi connectivity index (χ3n) is 3.39. The fourth-order valence-corrected chi connectivity index (χ4v) is 2.13. The summed E-state index contributed by atoms with van der Waals surface area (Å²) < 4.78 is 7.85. The molecule has 0 aliphatic carbocycles. The molecule has 4 heteroatoms. The van der Waals surface area contributed by atoms with Crippen molar-refractivity contribution in [2.45, 2.75) is 33.9 Å². The van der Waals surface area contributed by atoms with Gasteiger partial charge in [0.1, 0.15) is 0 Å². The zero-order chi connectivity index (χ0) is 15.1. The normalized spacial score (nSPS) is 11.6. The van der Waals surface area contributed by atoms with Crippen LogP contribution in [-0.2, 0) is 13.1 Å². The Kier molecular flexibility index (Phi) is 5.39. The standard InChI is InChI=1S/C17H25N3O/c1-4-20-11-10-19-16(20)21-14-17(2,3)13-18-12-15-8-6-5-7-9-15/h5-11,18H,4,12-14H2,1-3H3. The van der Waals surface area contributed by atoms with E-state index in [1.165, 1.54) is 5.56 Å². The van der Waals surface area contributed by atoms with Crippen molar-refractivity contribution in [1.29, 1.82) is 0 Å². The Morgan fingerprint density at radius 2 is 2.00 bits per heavy atom. The molecule has 0 aliphatic rings. The van der Waals surface area contributed by atoms with Crippen LogP contribution in [0.25, 0.3) is 0 Å². The average Bonchev–Trinajstić information content (AvgIpc) is 2.94. The topological polar surface area (TPSA) is 39.1 Å². The SMILES string of the molecule is CCn1ccnc1OCC(C)(C)CNCc1ccccc1. The van der Waals surface area contributed by atoms with Crippen molar-refractivity contribution < 1.29 is 4.74 Å².